The highest BCUT2D eigenvalue weighted by atomic mass is 15.0. The van der Waals surface area contributed by atoms with E-state index in [0.717, 1.165) is 25.0 Å². The minimum absolute atomic E-state index is 0.246. The van der Waals surface area contributed by atoms with Crippen molar-refractivity contribution in [1.29, 1.82) is 0 Å². The fraction of sp³-hybridized carbons (Fsp3) is 0.143. The standard InChI is InChI=1S/C49H39N3/c1-30-13-4-5-14-34(30)43-29-51-32(3)26-47-38(35-15-6-7-16-36(35)44-20-10-11-24-50(44)47)23-22-33-27-48-42(28-41(33)46(51)25-31(43)2)40-19-12-18-39-37-17-8-9-21-45(37)52(48)49(39)40/h4-21,24-25,27-29,38,47H,3,22-23,26H2,1-2H3/q+2. The maximum Gasteiger partial charge on any atom is 0.218 e. The second-order valence-electron chi connectivity index (χ2n) is 15.1. The van der Waals surface area contributed by atoms with Crippen LogP contribution in [0.25, 0.3) is 77.4 Å². The average molecular weight is 670 g/mol. The molecule has 5 aromatic carbocycles. The first-order chi connectivity index (χ1) is 25.5. The van der Waals surface area contributed by atoms with E-state index >= 15 is 0 Å². The molecule has 0 radical (unpaired) electrons. The van der Waals surface area contributed by atoms with E-state index < -0.39 is 0 Å². The average Bonchev–Trinajstić information content (AvgIpc) is 3.69. The first-order valence-electron chi connectivity index (χ1n) is 18.7. The molecule has 0 N–H and O–H groups in total. The molecular formula is C49H39N3+2. The number of nitrogens with zero attached hydrogens (tertiary/aromatic N) is 3. The summed E-state index contributed by atoms with van der Waals surface area (Å²) in [6.45, 7) is 9.41. The Hall–Kier alpha value is -6.06. The van der Waals surface area contributed by atoms with E-state index in [1.54, 1.807) is 0 Å². The second-order valence-corrected chi connectivity index (χ2v) is 15.1. The van der Waals surface area contributed by atoms with Gasteiger partial charge in [-0.15, -0.1) is 0 Å². The summed E-state index contributed by atoms with van der Waals surface area (Å²) < 4.78 is 7.51. The SMILES string of the molecule is C=C1CC2C(CCc3cc4c(cc3-c3cc(C)c(-c5ccccc5C)c[n+]31)c1cccc3c5ccccc5n4c31)c1ccccc1-c1cccc[n+]12. The Morgan fingerprint density at radius 3 is 2.25 bits per heavy atom. The fourth-order valence-corrected chi connectivity index (χ4v) is 9.91. The lowest BCUT2D eigenvalue weighted by molar-refractivity contribution is -0.720. The van der Waals surface area contributed by atoms with E-state index in [1.807, 2.05) is 0 Å². The minimum atomic E-state index is 0.246. The molecule has 248 valence electrons. The Labute approximate surface area is 303 Å². The Bertz CT molecular complexity index is 2940. The summed E-state index contributed by atoms with van der Waals surface area (Å²) in [6.07, 6.45) is 7.56. The second kappa shape index (κ2) is 11.0. The molecule has 0 saturated heterocycles. The zero-order chi connectivity index (χ0) is 34.7. The van der Waals surface area contributed by atoms with Crippen molar-refractivity contribution in [3.63, 3.8) is 0 Å². The third-order valence-corrected chi connectivity index (χ3v) is 12.3. The van der Waals surface area contributed by atoms with Crippen molar-refractivity contribution in [2.75, 3.05) is 0 Å². The molecule has 0 fully saturated rings. The van der Waals surface area contributed by atoms with E-state index in [0.29, 0.717) is 5.92 Å². The molecule has 0 saturated carbocycles. The van der Waals surface area contributed by atoms with Crippen molar-refractivity contribution in [2.24, 2.45) is 0 Å². The first kappa shape index (κ1) is 29.6. The van der Waals surface area contributed by atoms with Gasteiger partial charge in [-0.2, -0.15) is 9.13 Å². The number of rotatable bonds is 1. The number of allylic oxidation sites excluding steroid dienone is 1. The van der Waals surface area contributed by atoms with Gasteiger partial charge in [0.2, 0.25) is 11.4 Å². The summed E-state index contributed by atoms with van der Waals surface area (Å²) in [4.78, 5) is 0. The number of aryl methyl sites for hydroxylation is 3. The van der Waals surface area contributed by atoms with Crippen molar-refractivity contribution < 1.29 is 9.13 Å². The van der Waals surface area contributed by atoms with Crippen LogP contribution in [0, 0.1) is 13.8 Å². The lowest BCUT2D eigenvalue weighted by atomic mass is 9.77. The number of fused-ring (bicyclic) bond motifs is 15. The number of hydrogen-bond donors (Lipinski definition) is 0. The molecule has 6 heterocycles. The monoisotopic (exact) mass is 669 g/mol. The maximum atomic E-state index is 4.92. The van der Waals surface area contributed by atoms with Crippen LogP contribution in [0.1, 0.15) is 47.1 Å². The third kappa shape index (κ3) is 4.08. The summed E-state index contributed by atoms with van der Waals surface area (Å²) in [5.74, 6) is 0.341. The number of hydrogen-bond acceptors (Lipinski definition) is 0. The lowest BCUT2D eigenvalue weighted by Crippen LogP contribution is -2.49. The minimum Gasteiger partial charge on any atom is -0.308 e. The highest BCUT2D eigenvalue weighted by Crippen LogP contribution is 2.46. The van der Waals surface area contributed by atoms with Crippen LogP contribution in [-0.4, -0.2) is 4.40 Å². The topological polar surface area (TPSA) is 12.2 Å². The summed E-state index contributed by atoms with van der Waals surface area (Å²) >= 11 is 0. The van der Waals surface area contributed by atoms with Crippen LogP contribution < -0.4 is 9.13 Å². The van der Waals surface area contributed by atoms with Gasteiger partial charge in [-0.1, -0.05) is 78.9 Å². The Morgan fingerprint density at radius 1 is 0.615 bits per heavy atom. The largest absolute Gasteiger partial charge is 0.308 e. The van der Waals surface area contributed by atoms with Gasteiger partial charge in [0.15, 0.2) is 24.1 Å². The Morgan fingerprint density at radius 2 is 1.37 bits per heavy atom. The molecule has 4 aromatic heterocycles. The van der Waals surface area contributed by atoms with Crippen LogP contribution in [0.4, 0.5) is 0 Å². The summed E-state index contributed by atoms with van der Waals surface area (Å²) in [5.41, 5.74) is 18.1. The molecule has 9 aromatic rings. The number of para-hydroxylation sites is 2. The summed E-state index contributed by atoms with van der Waals surface area (Å²) in [7, 11) is 0. The molecule has 11 rings (SSSR count). The van der Waals surface area contributed by atoms with E-state index in [2.05, 4.69) is 167 Å². The van der Waals surface area contributed by atoms with Gasteiger partial charge in [-0.05, 0) is 91.4 Å². The Kier molecular flexibility index (Phi) is 6.25. The molecule has 2 aliphatic heterocycles. The van der Waals surface area contributed by atoms with Crippen LogP contribution in [0.5, 0.6) is 0 Å². The van der Waals surface area contributed by atoms with Gasteiger partial charge in [-0.3, -0.25) is 0 Å². The fourth-order valence-electron chi connectivity index (χ4n) is 9.91. The molecule has 52 heavy (non-hydrogen) atoms. The zero-order valence-corrected chi connectivity index (χ0v) is 29.6. The number of aromatic nitrogens is 3. The van der Waals surface area contributed by atoms with Gasteiger partial charge in [0.25, 0.3) is 0 Å². The molecule has 0 amide bonds. The predicted octanol–water partition coefficient (Wildman–Crippen LogP) is 11.2. The van der Waals surface area contributed by atoms with Crippen LogP contribution in [0.2, 0.25) is 0 Å². The first-order valence-corrected chi connectivity index (χ1v) is 18.7. The molecule has 2 atom stereocenters. The van der Waals surface area contributed by atoms with Crippen LogP contribution in [-0.2, 0) is 6.42 Å². The van der Waals surface area contributed by atoms with Gasteiger partial charge in [0.1, 0.15) is 0 Å². The summed E-state index contributed by atoms with van der Waals surface area (Å²) in [6, 6.07) is 48.0. The van der Waals surface area contributed by atoms with E-state index in [4.69, 9.17) is 6.58 Å². The van der Waals surface area contributed by atoms with Crippen molar-refractivity contribution in [3.05, 3.63) is 169 Å². The summed E-state index contributed by atoms with van der Waals surface area (Å²) in [5, 5.41) is 5.27. The van der Waals surface area contributed by atoms with Crippen LogP contribution in [0.3, 0.4) is 0 Å². The number of benzene rings is 5. The van der Waals surface area contributed by atoms with Crippen LogP contribution in [0.15, 0.2) is 146 Å². The molecule has 0 bridgehead atoms. The quantitative estimate of drug-likeness (QED) is 0.154. The highest BCUT2D eigenvalue weighted by Gasteiger charge is 2.42. The van der Waals surface area contributed by atoms with Gasteiger partial charge >= 0.3 is 0 Å². The predicted molar refractivity (Wildman–Crippen MR) is 214 cm³/mol. The van der Waals surface area contributed by atoms with E-state index in [9.17, 15) is 0 Å². The smallest absolute Gasteiger partial charge is 0.218 e. The lowest BCUT2D eigenvalue weighted by Gasteiger charge is -2.31. The molecular weight excluding hydrogens is 631 g/mol. The molecule has 2 unspecified atom stereocenters. The maximum absolute atomic E-state index is 4.92. The molecule has 0 spiro atoms. The van der Waals surface area contributed by atoms with E-state index in [-0.39, 0.29) is 6.04 Å². The van der Waals surface area contributed by atoms with Gasteiger partial charge in [0.05, 0.1) is 28.5 Å². The van der Waals surface area contributed by atoms with Gasteiger partial charge in [0, 0.05) is 56.8 Å². The number of pyridine rings is 2. The molecule has 2 aliphatic rings. The molecule has 3 heteroatoms. The van der Waals surface area contributed by atoms with Gasteiger partial charge < -0.3 is 4.40 Å². The van der Waals surface area contributed by atoms with Crippen molar-refractivity contribution in [3.8, 4) is 33.6 Å². The van der Waals surface area contributed by atoms with Crippen molar-refractivity contribution >= 4 is 43.8 Å². The Balaban J connectivity index is 1.22. The molecule has 0 aliphatic carbocycles. The van der Waals surface area contributed by atoms with E-state index in [1.165, 1.54) is 94.0 Å². The normalized spacial score (nSPS) is 16.8. The highest BCUT2D eigenvalue weighted by molar-refractivity contribution is 6.23. The van der Waals surface area contributed by atoms with Crippen molar-refractivity contribution in [1.82, 2.24) is 4.40 Å². The van der Waals surface area contributed by atoms with Gasteiger partial charge in [-0.25, -0.2) is 0 Å². The van der Waals surface area contributed by atoms with Crippen LogP contribution >= 0.6 is 0 Å². The van der Waals surface area contributed by atoms with Crippen molar-refractivity contribution in [2.45, 2.75) is 45.1 Å². The molecule has 3 nitrogen and oxygen atoms in total. The third-order valence-electron chi connectivity index (χ3n) is 12.3. The zero-order valence-electron chi connectivity index (χ0n) is 29.6.